The number of nitrogens with one attached hydrogen (secondary N) is 1. The van der Waals surface area contributed by atoms with Crippen molar-refractivity contribution >= 4 is 11.9 Å². The highest BCUT2D eigenvalue weighted by Gasteiger charge is 2.20. The van der Waals surface area contributed by atoms with Gasteiger partial charge >= 0.3 is 0 Å². The lowest BCUT2D eigenvalue weighted by Gasteiger charge is -2.10. The Morgan fingerprint density at radius 1 is 1.29 bits per heavy atom. The molecule has 0 atom stereocenters. The van der Waals surface area contributed by atoms with E-state index in [-0.39, 0.29) is 5.91 Å². The number of benzene rings is 1. The molecule has 0 aliphatic heterocycles. The van der Waals surface area contributed by atoms with Crippen LogP contribution in [0.2, 0.25) is 0 Å². The Morgan fingerprint density at radius 3 is 2.71 bits per heavy atom. The number of amides is 1. The first-order valence-corrected chi connectivity index (χ1v) is 7.51. The minimum absolute atomic E-state index is 0.0338. The van der Waals surface area contributed by atoms with E-state index in [4.69, 9.17) is 0 Å². The Kier molecular flexibility index (Phi) is 3.99. The maximum Gasteiger partial charge on any atom is 0.233 e. The molecular weight excluding hydrogens is 264 g/mol. The molecule has 0 radical (unpaired) electrons. The Morgan fingerprint density at radius 2 is 2.00 bits per heavy atom. The van der Waals surface area contributed by atoms with Crippen LogP contribution in [0.25, 0.3) is 5.69 Å². The molecule has 1 N–H and O–H groups in total. The molecule has 1 aromatic carbocycles. The number of aryl methyl sites for hydroxylation is 1. The molecule has 0 spiro atoms. The molecule has 0 saturated heterocycles. The highest BCUT2D eigenvalue weighted by Crippen LogP contribution is 2.27. The third kappa shape index (κ3) is 3.29. The number of carbonyl (C=O) groups excluding carboxylic acids is 1. The molecule has 1 amide bonds. The second kappa shape index (κ2) is 6.08. The fourth-order valence-electron chi connectivity index (χ4n) is 2.90. The lowest BCUT2D eigenvalue weighted by molar-refractivity contribution is -0.117. The number of carbonyl (C=O) groups is 1. The third-order valence-electron chi connectivity index (χ3n) is 3.91. The highest BCUT2D eigenvalue weighted by molar-refractivity contribution is 5.89. The van der Waals surface area contributed by atoms with Gasteiger partial charge in [-0.1, -0.05) is 31.0 Å². The Balaban J connectivity index is 1.74. The Bertz CT molecular complexity index is 614. The van der Waals surface area contributed by atoms with Crippen LogP contribution in [0.4, 0.5) is 5.95 Å². The Labute approximate surface area is 124 Å². The van der Waals surface area contributed by atoms with Crippen LogP contribution in [0.3, 0.4) is 0 Å². The van der Waals surface area contributed by atoms with E-state index in [1.807, 2.05) is 37.3 Å². The van der Waals surface area contributed by atoms with Gasteiger partial charge in [0.15, 0.2) is 0 Å². The summed E-state index contributed by atoms with van der Waals surface area (Å²) in [6.45, 7) is 1.83. The van der Waals surface area contributed by atoms with E-state index in [0.29, 0.717) is 24.1 Å². The van der Waals surface area contributed by atoms with Crippen molar-refractivity contribution in [2.45, 2.75) is 39.0 Å². The summed E-state index contributed by atoms with van der Waals surface area (Å²) in [5, 5.41) is 7.26. The van der Waals surface area contributed by atoms with Crippen LogP contribution in [-0.4, -0.2) is 20.7 Å². The van der Waals surface area contributed by atoms with Crippen molar-refractivity contribution in [3.05, 3.63) is 36.2 Å². The number of hydrogen-bond acceptors (Lipinski definition) is 3. The summed E-state index contributed by atoms with van der Waals surface area (Å²) in [5.74, 6) is 1.71. The van der Waals surface area contributed by atoms with E-state index in [2.05, 4.69) is 15.4 Å². The van der Waals surface area contributed by atoms with Crippen molar-refractivity contribution in [2.75, 3.05) is 5.32 Å². The van der Waals surface area contributed by atoms with Crippen LogP contribution >= 0.6 is 0 Å². The maximum atomic E-state index is 12.2. The summed E-state index contributed by atoms with van der Waals surface area (Å²) in [5.41, 5.74) is 0.897. The van der Waals surface area contributed by atoms with Gasteiger partial charge in [0.05, 0.1) is 5.69 Å². The van der Waals surface area contributed by atoms with Gasteiger partial charge in [-0.15, -0.1) is 5.10 Å². The summed E-state index contributed by atoms with van der Waals surface area (Å²) >= 11 is 0. The van der Waals surface area contributed by atoms with Crippen LogP contribution in [0.1, 0.15) is 37.9 Å². The average molecular weight is 284 g/mol. The first kappa shape index (κ1) is 13.8. The summed E-state index contributed by atoms with van der Waals surface area (Å²) in [6, 6.07) is 9.72. The van der Waals surface area contributed by atoms with E-state index in [0.717, 1.165) is 18.5 Å². The fraction of sp³-hybridized carbons (Fsp3) is 0.438. The van der Waals surface area contributed by atoms with Gasteiger partial charge in [-0.05, 0) is 37.8 Å². The predicted molar refractivity (Wildman–Crippen MR) is 81.3 cm³/mol. The van der Waals surface area contributed by atoms with Gasteiger partial charge in [0, 0.05) is 6.42 Å². The normalized spacial score (nSPS) is 15.3. The van der Waals surface area contributed by atoms with E-state index in [9.17, 15) is 4.79 Å². The molecule has 1 saturated carbocycles. The SMILES string of the molecule is Cc1nc(NC(=O)CC2CCCC2)n(-c2ccccc2)n1. The lowest BCUT2D eigenvalue weighted by Crippen LogP contribution is -2.18. The number of rotatable bonds is 4. The molecular formula is C16H20N4O. The third-order valence-corrected chi connectivity index (χ3v) is 3.91. The molecule has 1 fully saturated rings. The lowest BCUT2D eigenvalue weighted by atomic mass is 10.0. The number of para-hydroxylation sites is 1. The van der Waals surface area contributed by atoms with Gasteiger partial charge in [0.2, 0.25) is 11.9 Å². The average Bonchev–Trinajstić information content (AvgIpc) is 3.09. The summed E-state index contributed by atoms with van der Waals surface area (Å²) in [6.07, 6.45) is 5.41. The zero-order valence-corrected chi connectivity index (χ0v) is 12.2. The molecule has 1 heterocycles. The molecule has 1 aliphatic carbocycles. The van der Waals surface area contributed by atoms with Gasteiger partial charge in [-0.2, -0.15) is 9.67 Å². The van der Waals surface area contributed by atoms with Gasteiger partial charge in [0.1, 0.15) is 5.82 Å². The van der Waals surface area contributed by atoms with Gasteiger partial charge in [-0.3, -0.25) is 10.1 Å². The van der Waals surface area contributed by atoms with E-state index >= 15 is 0 Å². The maximum absolute atomic E-state index is 12.2. The van der Waals surface area contributed by atoms with Crippen LogP contribution in [0.5, 0.6) is 0 Å². The predicted octanol–water partition coefficient (Wildman–Crippen LogP) is 3.09. The molecule has 2 aromatic rings. The molecule has 3 rings (SSSR count). The fourth-order valence-corrected chi connectivity index (χ4v) is 2.90. The zero-order chi connectivity index (χ0) is 14.7. The smallest absolute Gasteiger partial charge is 0.233 e. The van der Waals surface area contributed by atoms with Crippen molar-refractivity contribution < 1.29 is 4.79 Å². The van der Waals surface area contributed by atoms with Crippen LogP contribution < -0.4 is 5.32 Å². The van der Waals surface area contributed by atoms with Crippen molar-refractivity contribution in [1.29, 1.82) is 0 Å². The van der Waals surface area contributed by atoms with Gasteiger partial charge in [0.25, 0.3) is 0 Å². The van der Waals surface area contributed by atoms with Crippen molar-refractivity contribution in [1.82, 2.24) is 14.8 Å². The van der Waals surface area contributed by atoms with E-state index in [1.165, 1.54) is 12.8 Å². The number of hydrogen-bond donors (Lipinski definition) is 1. The van der Waals surface area contributed by atoms with E-state index < -0.39 is 0 Å². The standard InChI is InChI=1S/C16H20N4O/c1-12-17-16(18-15(21)11-13-7-5-6-8-13)20(19-12)14-9-3-2-4-10-14/h2-4,9-10,13H,5-8,11H2,1H3,(H,17,18,19,21). The summed E-state index contributed by atoms with van der Waals surface area (Å²) in [7, 11) is 0. The van der Waals surface area contributed by atoms with Gasteiger partial charge < -0.3 is 0 Å². The molecule has 0 unspecified atom stereocenters. The molecule has 5 nitrogen and oxygen atoms in total. The molecule has 1 aliphatic rings. The molecule has 1 aromatic heterocycles. The van der Waals surface area contributed by atoms with Crippen molar-refractivity contribution in [2.24, 2.45) is 5.92 Å². The molecule has 5 heteroatoms. The quantitative estimate of drug-likeness (QED) is 0.938. The van der Waals surface area contributed by atoms with Crippen LogP contribution in [0.15, 0.2) is 30.3 Å². The minimum Gasteiger partial charge on any atom is -0.294 e. The first-order valence-electron chi connectivity index (χ1n) is 7.51. The monoisotopic (exact) mass is 284 g/mol. The summed E-state index contributed by atoms with van der Waals surface area (Å²) < 4.78 is 1.68. The van der Waals surface area contributed by atoms with Gasteiger partial charge in [-0.25, -0.2) is 0 Å². The topological polar surface area (TPSA) is 59.8 Å². The second-order valence-electron chi connectivity index (χ2n) is 5.63. The van der Waals surface area contributed by atoms with Crippen LogP contribution in [-0.2, 0) is 4.79 Å². The zero-order valence-electron chi connectivity index (χ0n) is 12.2. The largest absolute Gasteiger partial charge is 0.294 e. The minimum atomic E-state index is 0.0338. The number of nitrogens with zero attached hydrogens (tertiary/aromatic N) is 3. The van der Waals surface area contributed by atoms with E-state index in [1.54, 1.807) is 4.68 Å². The molecule has 0 bridgehead atoms. The van der Waals surface area contributed by atoms with Crippen molar-refractivity contribution in [3.8, 4) is 5.69 Å². The molecule has 21 heavy (non-hydrogen) atoms. The highest BCUT2D eigenvalue weighted by atomic mass is 16.1. The van der Waals surface area contributed by atoms with Crippen LogP contribution in [0, 0.1) is 12.8 Å². The second-order valence-corrected chi connectivity index (χ2v) is 5.63. The number of anilines is 1. The summed E-state index contributed by atoms with van der Waals surface area (Å²) in [4.78, 5) is 16.5. The van der Waals surface area contributed by atoms with Crippen molar-refractivity contribution in [3.63, 3.8) is 0 Å². The first-order chi connectivity index (χ1) is 10.2. The number of aromatic nitrogens is 3. The Hall–Kier alpha value is -2.17. The molecule has 110 valence electrons.